The second-order valence-corrected chi connectivity index (χ2v) is 6.80. The Morgan fingerprint density at radius 3 is 2.08 bits per heavy atom. The zero-order chi connectivity index (χ0) is 17.4. The average Bonchev–Trinajstić information content (AvgIpc) is 3.12. The highest BCUT2D eigenvalue weighted by atomic mass is 14.7. The lowest BCUT2D eigenvalue weighted by Gasteiger charge is -2.10. The monoisotopic (exact) mass is 325 g/mol. The van der Waals surface area contributed by atoms with Gasteiger partial charge in [0.1, 0.15) is 0 Å². The van der Waals surface area contributed by atoms with Crippen molar-refractivity contribution in [2.45, 2.75) is 27.2 Å². The quantitative estimate of drug-likeness (QED) is 0.432. The molecule has 0 aliphatic rings. The highest BCUT2D eigenvalue weighted by Crippen LogP contribution is 2.30. The molecule has 1 aromatic heterocycles. The van der Waals surface area contributed by atoms with E-state index in [-0.39, 0.29) is 0 Å². The second kappa shape index (κ2) is 6.25. The van der Waals surface area contributed by atoms with Crippen molar-refractivity contribution in [3.8, 4) is 22.5 Å². The molecule has 4 rings (SSSR count). The van der Waals surface area contributed by atoms with Gasteiger partial charge in [0.15, 0.2) is 0 Å². The van der Waals surface area contributed by atoms with E-state index in [2.05, 4.69) is 92.5 Å². The summed E-state index contributed by atoms with van der Waals surface area (Å²) in [5.74, 6) is 0. The highest BCUT2D eigenvalue weighted by molar-refractivity contribution is 5.90. The van der Waals surface area contributed by atoms with Crippen LogP contribution in [0, 0.1) is 13.8 Å². The molecule has 0 spiro atoms. The largest absolute Gasteiger partial charge is 0.355 e. The van der Waals surface area contributed by atoms with Crippen LogP contribution in [0.4, 0.5) is 0 Å². The van der Waals surface area contributed by atoms with Crippen molar-refractivity contribution in [3.63, 3.8) is 0 Å². The van der Waals surface area contributed by atoms with Crippen molar-refractivity contribution in [2.24, 2.45) is 0 Å². The molecule has 124 valence electrons. The van der Waals surface area contributed by atoms with Crippen LogP contribution < -0.4 is 0 Å². The van der Waals surface area contributed by atoms with Crippen molar-refractivity contribution < 1.29 is 0 Å². The Labute approximate surface area is 149 Å². The lowest BCUT2D eigenvalue weighted by Crippen LogP contribution is -1.90. The predicted octanol–water partition coefficient (Wildman–Crippen LogP) is 6.68. The molecule has 0 fully saturated rings. The predicted molar refractivity (Wildman–Crippen MR) is 108 cm³/mol. The number of nitrogens with one attached hydrogen (secondary N) is 1. The summed E-state index contributed by atoms with van der Waals surface area (Å²) in [7, 11) is 0. The van der Waals surface area contributed by atoms with Crippen molar-refractivity contribution >= 4 is 10.8 Å². The topological polar surface area (TPSA) is 15.8 Å². The molecule has 0 unspecified atom stereocenters. The van der Waals surface area contributed by atoms with E-state index in [1.54, 1.807) is 0 Å². The molecule has 0 bridgehead atoms. The maximum atomic E-state index is 3.58. The molecule has 0 amide bonds. The van der Waals surface area contributed by atoms with Crippen LogP contribution in [0.15, 0.2) is 66.7 Å². The summed E-state index contributed by atoms with van der Waals surface area (Å²) in [6.45, 7) is 6.56. The number of aromatic nitrogens is 1. The van der Waals surface area contributed by atoms with Gasteiger partial charge in [-0.2, -0.15) is 0 Å². The molecular weight excluding hydrogens is 302 g/mol. The molecule has 25 heavy (non-hydrogen) atoms. The van der Waals surface area contributed by atoms with E-state index in [1.807, 2.05) is 0 Å². The summed E-state index contributed by atoms with van der Waals surface area (Å²) in [6, 6.07) is 24.2. The van der Waals surface area contributed by atoms with Crippen LogP contribution in [0.1, 0.15) is 23.6 Å². The number of rotatable bonds is 3. The first kappa shape index (κ1) is 15.7. The molecule has 0 atom stereocenters. The van der Waals surface area contributed by atoms with Crippen LogP contribution in [0.5, 0.6) is 0 Å². The van der Waals surface area contributed by atoms with Gasteiger partial charge in [0.05, 0.1) is 0 Å². The van der Waals surface area contributed by atoms with Gasteiger partial charge in [-0.3, -0.25) is 0 Å². The number of benzene rings is 3. The van der Waals surface area contributed by atoms with Crippen molar-refractivity contribution in [1.29, 1.82) is 0 Å². The van der Waals surface area contributed by atoms with Gasteiger partial charge in [-0.15, -0.1) is 0 Å². The van der Waals surface area contributed by atoms with Gasteiger partial charge >= 0.3 is 0 Å². The molecular formula is C24H23N. The molecule has 0 saturated carbocycles. The number of aryl methyl sites for hydroxylation is 3. The minimum atomic E-state index is 1.06. The number of hydrogen-bond donors (Lipinski definition) is 1. The first-order chi connectivity index (χ1) is 12.2. The summed E-state index contributed by atoms with van der Waals surface area (Å²) in [6.07, 6.45) is 1.06. The molecule has 1 heterocycles. The minimum Gasteiger partial charge on any atom is -0.355 e. The maximum Gasteiger partial charge on any atom is 0.0458 e. The van der Waals surface area contributed by atoms with E-state index in [0.29, 0.717) is 0 Å². The van der Waals surface area contributed by atoms with E-state index in [0.717, 1.165) is 12.1 Å². The van der Waals surface area contributed by atoms with Crippen LogP contribution in [-0.2, 0) is 6.42 Å². The fourth-order valence-electron chi connectivity index (χ4n) is 3.59. The third kappa shape index (κ3) is 2.87. The molecule has 0 radical (unpaired) electrons. The minimum absolute atomic E-state index is 1.06. The van der Waals surface area contributed by atoms with Crippen molar-refractivity contribution in [3.05, 3.63) is 83.4 Å². The number of hydrogen-bond acceptors (Lipinski definition) is 0. The standard InChI is InChI=1S/C24H23N/c1-4-21-17(3)7-10-18-11-12-20(15-22(18)21)24-14-13-23(25-24)19-8-5-16(2)6-9-19/h5-15,25H,4H2,1-3H3. The number of H-pyrrole nitrogens is 1. The summed E-state index contributed by atoms with van der Waals surface area (Å²) in [5.41, 5.74) is 8.90. The summed E-state index contributed by atoms with van der Waals surface area (Å²) in [4.78, 5) is 3.58. The van der Waals surface area contributed by atoms with Gasteiger partial charge in [-0.25, -0.2) is 0 Å². The Morgan fingerprint density at radius 1 is 0.720 bits per heavy atom. The first-order valence-electron chi connectivity index (χ1n) is 8.94. The fraction of sp³-hybridized carbons (Fsp3) is 0.167. The van der Waals surface area contributed by atoms with Crippen LogP contribution in [0.25, 0.3) is 33.3 Å². The molecule has 0 aliphatic heterocycles. The van der Waals surface area contributed by atoms with Gasteiger partial charge in [0.2, 0.25) is 0 Å². The summed E-state index contributed by atoms with van der Waals surface area (Å²) in [5, 5.41) is 2.68. The van der Waals surface area contributed by atoms with Crippen LogP contribution in [0.2, 0.25) is 0 Å². The Kier molecular flexibility index (Phi) is 3.93. The van der Waals surface area contributed by atoms with Crippen molar-refractivity contribution in [1.82, 2.24) is 4.98 Å². The fourth-order valence-corrected chi connectivity index (χ4v) is 3.59. The van der Waals surface area contributed by atoms with Crippen LogP contribution in [-0.4, -0.2) is 4.98 Å². The van der Waals surface area contributed by atoms with Crippen molar-refractivity contribution in [2.75, 3.05) is 0 Å². The molecule has 4 aromatic rings. The van der Waals surface area contributed by atoms with Gasteiger partial charge < -0.3 is 4.98 Å². The smallest absolute Gasteiger partial charge is 0.0458 e. The van der Waals surface area contributed by atoms with E-state index >= 15 is 0 Å². The summed E-state index contributed by atoms with van der Waals surface area (Å²) >= 11 is 0. The average molecular weight is 325 g/mol. The van der Waals surface area contributed by atoms with Crippen LogP contribution >= 0.6 is 0 Å². The number of fused-ring (bicyclic) bond motifs is 1. The first-order valence-corrected chi connectivity index (χ1v) is 8.94. The van der Waals surface area contributed by atoms with E-state index in [1.165, 1.54) is 44.3 Å². The molecule has 3 aromatic carbocycles. The molecule has 0 saturated heterocycles. The molecule has 1 N–H and O–H groups in total. The Morgan fingerprint density at radius 2 is 1.36 bits per heavy atom. The van der Waals surface area contributed by atoms with Gasteiger partial charge in [0, 0.05) is 11.4 Å². The molecule has 1 nitrogen and oxygen atoms in total. The van der Waals surface area contributed by atoms with E-state index in [4.69, 9.17) is 0 Å². The SMILES string of the molecule is CCc1c(C)ccc2ccc(-c3ccc(-c4ccc(C)cc4)[nH]3)cc12. The van der Waals surface area contributed by atoms with Crippen LogP contribution in [0.3, 0.4) is 0 Å². The summed E-state index contributed by atoms with van der Waals surface area (Å²) < 4.78 is 0. The Bertz CT molecular complexity index is 1040. The Balaban J connectivity index is 1.78. The third-order valence-corrected chi connectivity index (χ3v) is 5.08. The van der Waals surface area contributed by atoms with E-state index < -0.39 is 0 Å². The lowest BCUT2D eigenvalue weighted by atomic mass is 9.96. The third-order valence-electron chi connectivity index (χ3n) is 5.08. The van der Waals surface area contributed by atoms with Gasteiger partial charge in [-0.05, 0) is 71.5 Å². The molecule has 1 heteroatoms. The van der Waals surface area contributed by atoms with E-state index in [9.17, 15) is 0 Å². The normalized spacial score (nSPS) is 11.2. The van der Waals surface area contributed by atoms with Gasteiger partial charge in [0.25, 0.3) is 0 Å². The highest BCUT2D eigenvalue weighted by Gasteiger charge is 2.08. The second-order valence-electron chi connectivity index (χ2n) is 6.80. The maximum absolute atomic E-state index is 3.58. The zero-order valence-electron chi connectivity index (χ0n) is 15.1. The van der Waals surface area contributed by atoms with Gasteiger partial charge in [-0.1, -0.05) is 61.0 Å². The zero-order valence-corrected chi connectivity index (χ0v) is 15.1. The molecule has 0 aliphatic carbocycles. The Hall–Kier alpha value is -2.80. The number of aromatic amines is 1. The lowest BCUT2D eigenvalue weighted by molar-refractivity contribution is 1.13.